The fraction of sp³-hybridized carbons (Fsp3) is 0.333. The van der Waals surface area contributed by atoms with E-state index in [4.69, 9.17) is 4.74 Å². The maximum Gasteiger partial charge on any atom is 0.363 e. The van der Waals surface area contributed by atoms with Gasteiger partial charge in [-0.25, -0.2) is 9.79 Å². The first-order valence-electron chi connectivity index (χ1n) is 6.48. The molecule has 0 N–H and O–H groups in total. The van der Waals surface area contributed by atoms with Crippen LogP contribution in [0.15, 0.2) is 35.0 Å². The van der Waals surface area contributed by atoms with Gasteiger partial charge in [0.25, 0.3) is 0 Å². The molecule has 0 spiro atoms. The molecule has 19 heavy (non-hydrogen) atoms. The quantitative estimate of drug-likeness (QED) is 0.616. The molecule has 1 aromatic rings. The van der Waals surface area contributed by atoms with E-state index in [-0.39, 0.29) is 5.97 Å². The summed E-state index contributed by atoms with van der Waals surface area (Å²) in [6.45, 7) is 7.89. The maximum atomic E-state index is 11.4. The molecular formula is C15H18N2O2. The molecule has 0 unspecified atom stereocenters. The molecule has 1 aliphatic heterocycles. The Bertz CT molecular complexity index is 526. The lowest BCUT2D eigenvalue weighted by atomic mass is 10.1. The molecule has 4 nitrogen and oxygen atoms in total. The smallest absolute Gasteiger partial charge is 0.363 e. The molecule has 0 aromatic heterocycles. The normalized spacial score (nSPS) is 16.5. The highest BCUT2D eigenvalue weighted by atomic mass is 16.6. The number of esters is 1. The molecule has 0 aliphatic carbocycles. The van der Waals surface area contributed by atoms with E-state index in [1.54, 1.807) is 13.0 Å². The average molecular weight is 258 g/mol. The molecule has 0 amide bonds. The third-order valence-corrected chi connectivity index (χ3v) is 3.05. The second-order valence-electron chi connectivity index (χ2n) is 4.31. The highest BCUT2D eigenvalue weighted by molar-refractivity contribution is 6.06. The molecule has 0 saturated carbocycles. The fourth-order valence-corrected chi connectivity index (χ4v) is 2.04. The van der Waals surface area contributed by atoms with Crippen molar-refractivity contribution in [2.24, 2.45) is 4.99 Å². The van der Waals surface area contributed by atoms with Gasteiger partial charge in [0.1, 0.15) is 0 Å². The number of anilines is 1. The van der Waals surface area contributed by atoms with Crippen LogP contribution in [0.2, 0.25) is 0 Å². The van der Waals surface area contributed by atoms with Crippen LogP contribution in [-0.2, 0) is 9.53 Å². The second kappa shape index (κ2) is 5.69. The Kier molecular flexibility index (Phi) is 4.00. The van der Waals surface area contributed by atoms with E-state index in [2.05, 4.69) is 35.9 Å². The molecule has 2 rings (SSSR count). The molecule has 1 heterocycles. The summed E-state index contributed by atoms with van der Waals surface area (Å²) in [6.07, 6.45) is 1.74. The number of carbonyl (C=O) groups is 1. The van der Waals surface area contributed by atoms with Crippen LogP contribution in [0, 0.1) is 0 Å². The molecular weight excluding hydrogens is 240 g/mol. The van der Waals surface area contributed by atoms with E-state index in [1.165, 1.54) is 5.69 Å². The molecule has 0 atom stereocenters. The number of ether oxygens (including phenoxy) is 1. The van der Waals surface area contributed by atoms with Gasteiger partial charge in [-0.15, -0.1) is 0 Å². The summed E-state index contributed by atoms with van der Waals surface area (Å²) in [5.41, 5.74) is 2.48. The number of hydrogen-bond donors (Lipinski definition) is 0. The van der Waals surface area contributed by atoms with E-state index < -0.39 is 0 Å². The molecule has 0 bridgehead atoms. The number of rotatable bonds is 4. The summed E-state index contributed by atoms with van der Waals surface area (Å²) in [5.74, 6) is 0.0151. The van der Waals surface area contributed by atoms with E-state index in [9.17, 15) is 4.79 Å². The Balaban J connectivity index is 2.20. The minimum Gasteiger partial charge on any atom is -0.407 e. The molecule has 0 radical (unpaired) electrons. The van der Waals surface area contributed by atoms with E-state index in [1.807, 2.05) is 12.1 Å². The summed E-state index contributed by atoms with van der Waals surface area (Å²) in [4.78, 5) is 17.8. The molecule has 1 aromatic carbocycles. The van der Waals surface area contributed by atoms with Crippen molar-refractivity contribution in [3.8, 4) is 0 Å². The lowest BCUT2D eigenvalue weighted by Crippen LogP contribution is -2.21. The Morgan fingerprint density at radius 2 is 1.84 bits per heavy atom. The van der Waals surface area contributed by atoms with Crippen molar-refractivity contribution >= 4 is 23.6 Å². The van der Waals surface area contributed by atoms with Crippen molar-refractivity contribution in [2.45, 2.75) is 20.8 Å². The third-order valence-electron chi connectivity index (χ3n) is 3.05. The van der Waals surface area contributed by atoms with Crippen molar-refractivity contribution in [2.75, 3.05) is 18.0 Å². The molecule has 100 valence electrons. The molecule has 4 heteroatoms. The van der Waals surface area contributed by atoms with Crippen molar-refractivity contribution in [3.63, 3.8) is 0 Å². The highest BCUT2D eigenvalue weighted by Gasteiger charge is 2.19. The first-order valence-corrected chi connectivity index (χ1v) is 6.48. The second-order valence-corrected chi connectivity index (χ2v) is 4.31. The lowest BCUT2D eigenvalue weighted by molar-refractivity contribution is -0.130. The van der Waals surface area contributed by atoms with Crippen LogP contribution < -0.4 is 4.90 Å². The van der Waals surface area contributed by atoms with Crippen molar-refractivity contribution < 1.29 is 9.53 Å². The first kappa shape index (κ1) is 13.3. The first-order chi connectivity index (χ1) is 9.13. The zero-order chi connectivity index (χ0) is 13.8. The van der Waals surface area contributed by atoms with E-state index in [0.29, 0.717) is 11.6 Å². The largest absolute Gasteiger partial charge is 0.407 e. The van der Waals surface area contributed by atoms with Gasteiger partial charge in [-0.05, 0) is 37.6 Å². The number of nitrogens with zero attached hydrogens (tertiary/aromatic N) is 2. The zero-order valence-electron chi connectivity index (χ0n) is 11.5. The summed E-state index contributed by atoms with van der Waals surface area (Å²) in [6, 6.07) is 8.07. The molecule has 0 saturated heterocycles. The van der Waals surface area contributed by atoms with Crippen LogP contribution in [0.4, 0.5) is 5.69 Å². The van der Waals surface area contributed by atoms with Crippen LogP contribution in [0.1, 0.15) is 26.3 Å². The minimum absolute atomic E-state index is 0.355. The van der Waals surface area contributed by atoms with Crippen LogP contribution in [0.25, 0.3) is 6.08 Å². The van der Waals surface area contributed by atoms with Crippen LogP contribution >= 0.6 is 0 Å². The van der Waals surface area contributed by atoms with Gasteiger partial charge in [0.15, 0.2) is 11.6 Å². The number of cyclic esters (lactones) is 1. The number of benzene rings is 1. The Hall–Kier alpha value is -2.10. The van der Waals surface area contributed by atoms with Gasteiger partial charge in [-0.1, -0.05) is 12.1 Å². The molecule has 1 aliphatic rings. The van der Waals surface area contributed by atoms with Gasteiger partial charge in [0.2, 0.25) is 0 Å². The summed E-state index contributed by atoms with van der Waals surface area (Å²) in [5, 5.41) is 0. The fourth-order valence-electron chi connectivity index (χ4n) is 2.04. The van der Waals surface area contributed by atoms with Crippen LogP contribution in [0.5, 0.6) is 0 Å². The highest BCUT2D eigenvalue weighted by Crippen LogP contribution is 2.19. The standard InChI is InChI=1S/C15H18N2O2/c1-4-17(5-2)13-8-6-12(7-9-13)10-14-15(18)19-11(3)16-14/h6-10H,4-5H2,1-3H3. The Morgan fingerprint density at radius 3 is 2.32 bits per heavy atom. The van der Waals surface area contributed by atoms with Gasteiger partial charge >= 0.3 is 5.97 Å². The van der Waals surface area contributed by atoms with Gasteiger partial charge in [0.05, 0.1) is 0 Å². The lowest BCUT2D eigenvalue weighted by Gasteiger charge is -2.20. The van der Waals surface area contributed by atoms with E-state index >= 15 is 0 Å². The van der Waals surface area contributed by atoms with Crippen molar-refractivity contribution in [3.05, 3.63) is 35.5 Å². The summed E-state index contributed by atoms with van der Waals surface area (Å²) >= 11 is 0. The summed E-state index contributed by atoms with van der Waals surface area (Å²) in [7, 11) is 0. The van der Waals surface area contributed by atoms with Crippen LogP contribution in [-0.4, -0.2) is 25.0 Å². The Labute approximate surface area is 113 Å². The van der Waals surface area contributed by atoms with Crippen molar-refractivity contribution in [1.29, 1.82) is 0 Å². The van der Waals surface area contributed by atoms with Crippen LogP contribution in [0.3, 0.4) is 0 Å². The zero-order valence-corrected chi connectivity index (χ0v) is 11.5. The number of aliphatic imine (C=N–C) groups is 1. The SMILES string of the molecule is CCN(CC)c1ccc(C=C2N=C(C)OC2=O)cc1. The average Bonchev–Trinajstić information content (AvgIpc) is 2.71. The van der Waals surface area contributed by atoms with Gasteiger partial charge in [0, 0.05) is 25.7 Å². The van der Waals surface area contributed by atoms with Gasteiger partial charge in [-0.2, -0.15) is 0 Å². The van der Waals surface area contributed by atoms with Crippen molar-refractivity contribution in [1.82, 2.24) is 0 Å². The van der Waals surface area contributed by atoms with Gasteiger partial charge in [-0.3, -0.25) is 0 Å². The predicted molar refractivity (Wildman–Crippen MR) is 77.2 cm³/mol. The monoisotopic (exact) mass is 258 g/mol. The number of hydrogen-bond acceptors (Lipinski definition) is 4. The van der Waals surface area contributed by atoms with E-state index in [0.717, 1.165) is 18.7 Å². The summed E-state index contributed by atoms with van der Waals surface area (Å²) < 4.78 is 4.88. The van der Waals surface area contributed by atoms with Gasteiger partial charge < -0.3 is 9.64 Å². The minimum atomic E-state index is -0.384. The molecule has 0 fully saturated rings. The topological polar surface area (TPSA) is 41.9 Å². The third kappa shape index (κ3) is 3.02. The maximum absolute atomic E-state index is 11.4. The number of carbonyl (C=O) groups excluding carboxylic acids is 1. The Morgan fingerprint density at radius 1 is 1.21 bits per heavy atom. The predicted octanol–water partition coefficient (Wildman–Crippen LogP) is 2.85.